The number of piperidine rings is 1. The van der Waals surface area contributed by atoms with E-state index in [0.29, 0.717) is 0 Å². The van der Waals surface area contributed by atoms with Gasteiger partial charge in [-0.3, -0.25) is 9.69 Å². The number of phenols is 1. The van der Waals surface area contributed by atoms with Gasteiger partial charge in [0.25, 0.3) is 5.91 Å². The highest BCUT2D eigenvalue weighted by atomic mass is 35.5. The third-order valence-corrected chi connectivity index (χ3v) is 4.86. The molecular weight excluding hydrogens is 373 g/mol. The Kier molecular flexibility index (Phi) is 7.14. The lowest BCUT2D eigenvalue weighted by Gasteiger charge is -2.32. The lowest BCUT2D eigenvalue weighted by atomic mass is 10.0. The van der Waals surface area contributed by atoms with Crippen LogP contribution in [0.25, 0.3) is 0 Å². The van der Waals surface area contributed by atoms with Crippen LogP contribution in [0.5, 0.6) is 5.75 Å². The number of hydrogen-bond acceptors (Lipinski definition) is 4. The standard InChI is InChI=1S/C19H22ClN3O2.ClH/c20-16-10-15(18(24)11-17(16)21)19(25)22-14-6-8-23(9-7-14)12-13-4-2-1-3-5-13;/h1-5,10-11,14,24H,6-9,12,21H2,(H,22,25);1H. The van der Waals surface area contributed by atoms with Gasteiger partial charge in [0, 0.05) is 31.7 Å². The predicted molar refractivity (Wildman–Crippen MR) is 107 cm³/mol. The number of aromatic hydroxyl groups is 1. The molecule has 1 saturated heterocycles. The van der Waals surface area contributed by atoms with E-state index in [1.165, 1.54) is 17.7 Å². The fourth-order valence-electron chi connectivity index (χ4n) is 3.10. The van der Waals surface area contributed by atoms with Crippen molar-refractivity contribution in [1.29, 1.82) is 0 Å². The quantitative estimate of drug-likeness (QED) is 0.692. The summed E-state index contributed by atoms with van der Waals surface area (Å²) < 4.78 is 0. The number of rotatable bonds is 4. The third kappa shape index (κ3) is 5.04. The first-order valence-electron chi connectivity index (χ1n) is 8.38. The second-order valence-corrected chi connectivity index (χ2v) is 6.81. The molecule has 0 aromatic heterocycles. The fraction of sp³-hybridized carbons (Fsp3) is 0.316. The molecule has 0 atom stereocenters. The van der Waals surface area contributed by atoms with Crippen LogP contribution in [0.4, 0.5) is 5.69 Å². The normalized spacial score (nSPS) is 15.3. The molecule has 0 radical (unpaired) electrons. The predicted octanol–water partition coefficient (Wildman–Crippen LogP) is 3.44. The molecule has 2 aromatic rings. The van der Waals surface area contributed by atoms with Gasteiger partial charge >= 0.3 is 0 Å². The summed E-state index contributed by atoms with van der Waals surface area (Å²) >= 11 is 5.95. The number of benzene rings is 2. The van der Waals surface area contributed by atoms with Gasteiger partial charge in [-0.25, -0.2) is 0 Å². The number of anilines is 1. The first-order chi connectivity index (χ1) is 12.0. The Morgan fingerprint density at radius 1 is 1.23 bits per heavy atom. The van der Waals surface area contributed by atoms with Gasteiger partial charge in [-0.2, -0.15) is 0 Å². The summed E-state index contributed by atoms with van der Waals surface area (Å²) in [5.41, 5.74) is 7.33. The Labute approximate surface area is 164 Å². The van der Waals surface area contributed by atoms with Crippen LogP contribution in [-0.2, 0) is 6.54 Å². The third-order valence-electron chi connectivity index (χ3n) is 4.53. The zero-order chi connectivity index (χ0) is 17.8. The van der Waals surface area contributed by atoms with E-state index < -0.39 is 0 Å². The van der Waals surface area contributed by atoms with Gasteiger partial charge in [0.2, 0.25) is 0 Å². The van der Waals surface area contributed by atoms with Crippen LogP contribution in [0.3, 0.4) is 0 Å². The highest BCUT2D eigenvalue weighted by Crippen LogP contribution is 2.28. The van der Waals surface area contributed by atoms with Crippen molar-refractivity contribution in [3.63, 3.8) is 0 Å². The topological polar surface area (TPSA) is 78.6 Å². The smallest absolute Gasteiger partial charge is 0.255 e. The van der Waals surface area contributed by atoms with Gasteiger partial charge in [0.1, 0.15) is 5.75 Å². The van der Waals surface area contributed by atoms with Gasteiger partial charge in [-0.1, -0.05) is 41.9 Å². The van der Waals surface area contributed by atoms with Gasteiger partial charge in [-0.15, -0.1) is 12.4 Å². The maximum Gasteiger partial charge on any atom is 0.255 e. The lowest BCUT2D eigenvalue weighted by molar-refractivity contribution is 0.0906. The van der Waals surface area contributed by atoms with Crippen LogP contribution in [0.15, 0.2) is 42.5 Å². The van der Waals surface area contributed by atoms with E-state index in [4.69, 9.17) is 17.3 Å². The molecule has 0 aliphatic carbocycles. The Hall–Kier alpha value is -1.95. The van der Waals surface area contributed by atoms with Crippen LogP contribution in [0.2, 0.25) is 5.02 Å². The summed E-state index contributed by atoms with van der Waals surface area (Å²) in [7, 11) is 0. The number of likely N-dealkylation sites (tertiary alicyclic amines) is 1. The van der Waals surface area contributed by atoms with Crippen molar-refractivity contribution >= 4 is 35.6 Å². The number of nitrogens with zero attached hydrogens (tertiary/aromatic N) is 1. The van der Waals surface area contributed by atoms with E-state index in [1.807, 2.05) is 18.2 Å². The SMILES string of the molecule is Cl.Nc1cc(O)c(C(=O)NC2CCN(Cc3ccccc3)CC2)cc1Cl. The molecule has 5 nitrogen and oxygen atoms in total. The highest BCUT2D eigenvalue weighted by Gasteiger charge is 2.22. The molecule has 0 bridgehead atoms. The Morgan fingerprint density at radius 2 is 1.88 bits per heavy atom. The van der Waals surface area contributed by atoms with Gasteiger partial charge in [-0.05, 0) is 24.5 Å². The van der Waals surface area contributed by atoms with Gasteiger partial charge < -0.3 is 16.2 Å². The average Bonchev–Trinajstić information content (AvgIpc) is 2.60. The number of carbonyl (C=O) groups excluding carboxylic acids is 1. The second-order valence-electron chi connectivity index (χ2n) is 6.40. The minimum Gasteiger partial charge on any atom is -0.507 e. The van der Waals surface area contributed by atoms with Crippen molar-refractivity contribution in [1.82, 2.24) is 10.2 Å². The Bertz CT molecular complexity index is 748. The summed E-state index contributed by atoms with van der Waals surface area (Å²) in [6, 6.07) is 13.2. The zero-order valence-corrected chi connectivity index (χ0v) is 15.9. The average molecular weight is 396 g/mol. The van der Waals surface area contributed by atoms with Crippen LogP contribution in [-0.4, -0.2) is 35.0 Å². The largest absolute Gasteiger partial charge is 0.507 e. The van der Waals surface area contributed by atoms with Crippen LogP contribution in [0, 0.1) is 0 Å². The van der Waals surface area contributed by atoms with Crippen molar-refractivity contribution in [3.05, 3.63) is 58.6 Å². The summed E-state index contributed by atoms with van der Waals surface area (Å²) in [5.74, 6) is -0.471. The maximum absolute atomic E-state index is 12.4. The number of carbonyl (C=O) groups is 1. The first kappa shape index (κ1) is 20.4. The minimum atomic E-state index is -0.319. The molecule has 1 aliphatic rings. The molecule has 1 heterocycles. The van der Waals surface area contributed by atoms with E-state index in [-0.39, 0.29) is 46.4 Å². The van der Waals surface area contributed by atoms with Crippen molar-refractivity contribution in [2.24, 2.45) is 0 Å². The van der Waals surface area contributed by atoms with E-state index >= 15 is 0 Å². The van der Waals surface area contributed by atoms with Crippen molar-refractivity contribution < 1.29 is 9.90 Å². The molecule has 26 heavy (non-hydrogen) atoms. The molecule has 140 valence electrons. The number of amides is 1. The molecule has 0 spiro atoms. The van der Waals surface area contributed by atoms with E-state index in [2.05, 4.69) is 22.3 Å². The summed E-state index contributed by atoms with van der Waals surface area (Å²) in [4.78, 5) is 14.8. The molecule has 0 saturated carbocycles. The van der Waals surface area contributed by atoms with Crippen LogP contribution >= 0.6 is 24.0 Å². The summed E-state index contributed by atoms with van der Waals surface area (Å²) in [5, 5.41) is 13.2. The van der Waals surface area contributed by atoms with E-state index in [0.717, 1.165) is 32.5 Å². The number of halogens is 2. The monoisotopic (exact) mass is 395 g/mol. The summed E-state index contributed by atoms with van der Waals surface area (Å²) in [6.07, 6.45) is 1.75. The van der Waals surface area contributed by atoms with Crippen LogP contribution < -0.4 is 11.1 Å². The van der Waals surface area contributed by atoms with Gasteiger partial charge in [0.15, 0.2) is 0 Å². The molecule has 3 rings (SSSR count). The molecule has 2 aromatic carbocycles. The van der Waals surface area contributed by atoms with Crippen molar-refractivity contribution in [2.75, 3.05) is 18.8 Å². The number of nitrogen functional groups attached to an aromatic ring is 1. The molecule has 4 N–H and O–H groups in total. The number of phenolic OH excluding ortho intramolecular Hbond substituents is 1. The second kappa shape index (κ2) is 9.12. The molecule has 1 amide bonds. The number of nitrogens with two attached hydrogens (primary N) is 1. The highest BCUT2D eigenvalue weighted by molar-refractivity contribution is 6.33. The molecule has 1 aliphatic heterocycles. The van der Waals surface area contributed by atoms with E-state index in [1.54, 1.807) is 0 Å². The molecular formula is C19H23Cl2N3O2. The maximum atomic E-state index is 12.4. The first-order valence-corrected chi connectivity index (χ1v) is 8.76. The Balaban J connectivity index is 0.00000243. The van der Waals surface area contributed by atoms with Crippen molar-refractivity contribution in [3.8, 4) is 5.75 Å². The van der Waals surface area contributed by atoms with Crippen LogP contribution in [0.1, 0.15) is 28.8 Å². The molecule has 0 unspecified atom stereocenters. The minimum absolute atomic E-state index is 0. The molecule has 7 heteroatoms. The molecule has 1 fully saturated rings. The summed E-state index contributed by atoms with van der Waals surface area (Å²) in [6.45, 7) is 2.78. The van der Waals surface area contributed by atoms with E-state index in [9.17, 15) is 9.90 Å². The number of hydrogen-bond donors (Lipinski definition) is 3. The fourth-order valence-corrected chi connectivity index (χ4v) is 3.26. The number of nitrogens with one attached hydrogen (secondary N) is 1. The zero-order valence-electron chi connectivity index (χ0n) is 14.3. The van der Waals surface area contributed by atoms with Gasteiger partial charge in [0.05, 0.1) is 16.3 Å². The Morgan fingerprint density at radius 3 is 2.54 bits per heavy atom. The lowest BCUT2D eigenvalue weighted by Crippen LogP contribution is -2.44. The van der Waals surface area contributed by atoms with Crippen molar-refractivity contribution in [2.45, 2.75) is 25.4 Å².